The van der Waals surface area contributed by atoms with Crippen molar-refractivity contribution in [1.29, 1.82) is 0 Å². The van der Waals surface area contributed by atoms with Crippen LogP contribution in [0.5, 0.6) is 0 Å². The van der Waals surface area contributed by atoms with Crippen molar-refractivity contribution in [3.05, 3.63) is 12.3 Å². The first-order valence-electron chi connectivity index (χ1n) is 3.70. The first-order valence-corrected chi connectivity index (χ1v) is 15.6. The minimum atomic E-state index is -2.18. The molecule has 0 atom stereocenters. The molecule has 0 aromatic heterocycles. The van der Waals surface area contributed by atoms with E-state index in [4.69, 9.17) is 33.3 Å². The van der Waals surface area contributed by atoms with Gasteiger partial charge in [-0.3, -0.25) is 0 Å². The molecule has 0 spiro atoms. The molecular weight excluding hydrogens is 417 g/mol. The number of nitrogens with one attached hydrogen (secondary N) is 1. The molecule has 0 aliphatic rings. The third-order valence-electron chi connectivity index (χ3n) is 0.401. The van der Waals surface area contributed by atoms with Gasteiger partial charge in [0.05, 0.1) is 0 Å². The molecule has 7 heteroatoms. The van der Waals surface area contributed by atoms with Gasteiger partial charge in [0.25, 0.3) is 0 Å². The van der Waals surface area contributed by atoms with Gasteiger partial charge in [-0.2, -0.15) is 6.61 Å². The van der Waals surface area contributed by atoms with Gasteiger partial charge in [-0.05, 0) is 7.11 Å². The summed E-state index contributed by atoms with van der Waals surface area (Å²) < 4.78 is 9.13. The van der Waals surface area contributed by atoms with Crippen LogP contribution in [-0.4, -0.2) is 26.9 Å². The Hall–Kier alpha value is 1.49. The molecule has 0 radical (unpaired) electrons. The van der Waals surface area contributed by atoms with Crippen molar-refractivity contribution in [2.75, 3.05) is 20.8 Å². The normalized spacial score (nSPS) is 9.00. The third-order valence-corrected chi connectivity index (χ3v) is 0.401. The summed E-state index contributed by atoms with van der Waals surface area (Å²) in [5.41, 5.74) is 6.58. The van der Waals surface area contributed by atoms with Crippen LogP contribution >= 0.6 is 27.6 Å². The van der Waals surface area contributed by atoms with Crippen molar-refractivity contribution >= 4 is 27.6 Å². The Bertz CT molecular complexity index is 73.8. The average Bonchev–Trinajstić information content (AvgIpc) is 1.98. The fraction of sp³-hybridized carbons (Fsp3) is 0.857. The maximum absolute atomic E-state index is 6.58. The summed E-state index contributed by atoms with van der Waals surface area (Å²) in [6.45, 7) is 5.82. The summed E-state index contributed by atoms with van der Waals surface area (Å²) in [6, 6.07) is 0.0833. The Kier molecular flexibility index (Phi) is 29.7. The zero-order valence-electron chi connectivity index (χ0n) is 8.76. The maximum atomic E-state index is 6.58. The molecule has 0 aromatic rings. The SMILES string of the molecule is CC(C)[NH-].CO[CH-]COC.[Cl][Ta]([Cl])[Cl]. The van der Waals surface area contributed by atoms with Crippen LogP contribution < -0.4 is 0 Å². The summed E-state index contributed by atoms with van der Waals surface area (Å²) in [5.74, 6) is 0. The van der Waals surface area contributed by atoms with Crippen molar-refractivity contribution in [3.63, 3.8) is 0 Å². The molecule has 14 heavy (non-hydrogen) atoms. The van der Waals surface area contributed by atoms with Crippen molar-refractivity contribution in [2.24, 2.45) is 0 Å². The summed E-state index contributed by atoms with van der Waals surface area (Å²) >= 11 is -2.18. The Balaban J connectivity index is -0.000000135. The molecule has 0 aromatic carbocycles. The van der Waals surface area contributed by atoms with Gasteiger partial charge in [-0.1, -0.05) is 20.5 Å². The topological polar surface area (TPSA) is 42.3 Å². The number of methoxy groups -OCH3 is 2. The molecule has 1 N–H and O–H groups in total. The minimum absolute atomic E-state index is 0.0833. The summed E-state index contributed by atoms with van der Waals surface area (Å²) in [7, 11) is 18.2. The molecule has 0 unspecified atom stereocenters. The quantitative estimate of drug-likeness (QED) is 0.499. The van der Waals surface area contributed by atoms with Gasteiger partial charge in [0.15, 0.2) is 0 Å². The number of ether oxygens (including phenoxy) is 2. The van der Waals surface area contributed by atoms with Crippen LogP contribution in [0, 0.1) is 6.61 Å². The van der Waals surface area contributed by atoms with E-state index in [0.29, 0.717) is 6.61 Å². The van der Waals surface area contributed by atoms with Crippen molar-refractivity contribution in [1.82, 2.24) is 0 Å². The molecule has 0 bridgehead atoms. The fourth-order valence-corrected chi connectivity index (χ4v) is 0.136. The number of halogens is 3. The van der Waals surface area contributed by atoms with Gasteiger partial charge in [0, 0.05) is 7.11 Å². The number of rotatable bonds is 3. The van der Waals surface area contributed by atoms with Crippen LogP contribution in [0.3, 0.4) is 0 Å². The van der Waals surface area contributed by atoms with E-state index in [1.807, 2.05) is 13.8 Å². The number of hydrogen-bond acceptors (Lipinski definition) is 2. The second-order valence-corrected chi connectivity index (χ2v) is 16.1. The molecule has 0 heterocycles. The molecule has 0 aliphatic carbocycles. The van der Waals surface area contributed by atoms with E-state index in [1.54, 1.807) is 20.8 Å². The van der Waals surface area contributed by atoms with Crippen LogP contribution in [0.25, 0.3) is 5.73 Å². The van der Waals surface area contributed by atoms with E-state index in [0.717, 1.165) is 0 Å². The summed E-state index contributed by atoms with van der Waals surface area (Å²) in [5, 5.41) is 0. The molecule has 3 nitrogen and oxygen atoms in total. The molecule has 0 saturated carbocycles. The van der Waals surface area contributed by atoms with Gasteiger partial charge < -0.3 is 15.2 Å². The third kappa shape index (κ3) is 104. The second-order valence-electron chi connectivity index (χ2n) is 2.20. The van der Waals surface area contributed by atoms with Gasteiger partial charge in [-0.15, -0.1) is 6.04 Å². The van der Waals surface area contributed by atoms with E-state index < -0.39 is 15.2 Å². The molecule has 0 amide bonds. The molecule has 90 valence electrons. The van der Waals surface area contributed by atoms with Gasteiger partial charge >= 0.3 is 42.8 Å². The van der Waals surface area contributed by atoms with E-state index in [9.17, 15) is 0 Å². The molecule has 0 rings (SSSR count). The first kappa shape index (κ1) is 20.8. The van der Waals surface area contributed by atoms with E-state index >= 15 is 0 Å². The van der Waals surface area contributed by atoms with E-state index in [1.165, 1.54) is 0 Å². The predicted octanol–water partition coefficient (Wildman–Crippen LogP) is 3.95. The molecule has 0 saturated heterocycles. The molecular formula is C7H17Cl3NO2Ta-2. The van der Waals surface area contributed by atoms with Crippen molar-refractivity contribution in [2.45, 2.75) is 19.9 Å². The van der Waals surface area contributed by atoms with Gasteiger partial charge in [-0.25, -0.2) is 0 Å². The zero-order chi connectivity index (χ0) is 12.0. The van der Waals surface area contributed by atoms with Crippen LogP contribution in [0.2, 0.25) is 0 Å². The second kappa shape index (κ2) is 20.0. The van der Waals surface area contributed by atoms with Gasteiger partial charge in [0.1, 0.15) is 0 Å². The van der Waals surface area contributed by atoms with Crippen LogP contribution in [-0.2, 0) is 24.7 Å². The van der Waals surface area contributed by atoms with Crippen molar-refractivity contribution < 1.29 is 24.7 Å². The fourth-order valence-electron chi connectivity index (χ4n) is 0.136. The van der Waals surface area contributed by atoms with Crippen LogP contribution in [0.4, 0.5) is 0 Å². The Morgan fingerprint density at radius 2 is 1.57 bits per heavy atom. The Labute approximate surface area is 105 Å². The van der Waals surface area contributed by atoms with E-state index in [2.05, 4.69) is 9.47 Å². The first-order chi connectivity index (χ1) is 6.38. The van der Waals surface area contributed by atoms with E-state index in [-0.39, 0.29) is 6.04 Å². The standard InChI is InChI=1S/C4H9O2.C3H8N.3ClH.Ta/c1-5-3-4-6-2;1-3(2)4;;;;/h3H,4H2,1-2H3;3-4H,1-2H3;3*1H;/q2*-1;;;;+3/p-3. The van der Waals surface area contributed by atoms with Crippen molar-refractivity contribution in [3.8, 4) is 0 Å². The summed E-state index contributed by atoms with van der Waals surface area (Å²) in [6.07, 6.45) is 0. The average molecular weight is 435 g/mol. The Morgan fingerprint density at radius 3 is 1.64 bits per heavy atom. The van der Waals surface area contributed by atoms with Gasteiger partial charge in [0.2, 0.25) is 0 Å². The Morgan fingerprint density at radius 1 is 1.29 bits per heavy atom. The number of hydrogen-bond donors (Lipinski definition) is 0. The molecule has 0 aliphatic heterocycles. The van der Waals surface area contributed by atoms with Crippen LogP contribution in [0.1, 0.15) is 13.8 Å². The molecule has 0 fully saturated rings. The predicted molar refractivity (Wildman–Crippen MR) is 60.2 cm³/mol. The monoisotopic (exact) mass is 433 g/mol. The van der Waals surface area contributed by atoms with Crippen LogP contribution in [0.15, 0.2) is 0 Å². The zero-order valence-corrected chi connectivity index (χ0v) is 14.2. The summed E-state index contributed by atoms with van der Waals surface area (Å²) in [4.78, 5) is 0.